The molecule has 0 unspecified atom stereocenters. The maximum atomic E-state index is 12.1. The minimum atomic E-state index is -4.79. The lowest BCUT2D eigenvalue weighted by molar-refractivity contribution is -0.274. The number of thiophene rings is 1. The summed E-state index contributed by atoms with van der Waals surface area (Å²) >= 11 is 1.48. The summed E-state index contributed by atoms with van der Waals surface area (Å²) in [6.07, 6.45) is -3.11. The van der Waals surface area contributed by atoms with E-state index in [0.717, 1.165) is 17.7 Å². The molecule has 0 radical (unpaired) electrons. The van der Waals surface area contributed by atoms with Gasteiger partial charge in [-0.3, -0.25) is 4.79 Å². The first-order valence-corrected chi connectivity index (χ1v) is 8.25. The summed E-state index contributed by atoms with van der Waals surface area (Å²) in [5.74, 6) is -1.71. The SMILES string of the molecule is C[C@H](OC(=O)/C=C/c1ccsc1)C(=O)Nc1ccc(OC(F)(F)F)cc1. The quantitative estimate of drug-likeness (QED) is 0.597. The summed E-state index contributed by atoms with van der Waals surface area (Å²) in [5, 5.41) is 6.12. The lowest BCUT2D eigenvalue weighted by Gasteiger charge is -2.13. The van der Waals surface area contributed by atoms with E-state index in [2.05, 4.69) is 10.1 Å². The van der Waals surface area contributed by atoms with Crippen LogP contribution in [0.5, 0.6) is 5.75 Å². The van der Waals surface area contributed by atoms with Crippen molar-refractivity contribution >= 4 is 35.0 Å². The molecule has 2 rings (SSSR count). The molecule has 0 aliphatic heterocycles. The number of rotatable bonds is 6. The van der Waals surface area contributed by atoms with Crippen molar-refractivity contribution in [1.82, 2.24) is 0 Å². The number of amides is 1. The third-order valence-corrected chi connectivity index (χ3v) is 3.67. The highest BCUT2D eigenvalue weighted by Gasteiger charge is 2.31. The number of ether oxygens (including phenoxy) is 2. The van der Waals surface area contributed by atoms with E-state index in [4.69, 9.17) is 4.74 Å². The maximum Gasteiger partial charge on any atom is 0.573 e. The summed E-state index contributed by atoms with van der Waals surface area (Å²) in [5.41, 5.74) is 1.08. The van der Waals surface area contributed by atoms with Gasteiger partial charge in [0.05, 0.1) is 0 Å². The molecule has 1 heterocycles. The molecule has 1 aromatic carbocycles. The van der Waals surface area contributed by atoms with Crippen LogP contribution in [0.2, 0.25) is 0 Å². The van der Waals surface area contributed by atoms with Crippen molar-refractivity contribution in [2.75, 3.05) is 5.32 Å². The van der Waals surface area contributed by atoms with E-state index in [1.165, 1.54) is 36.5 Å². The first-order chi connectivity index (χ1) is 12.2. The smallest absolute Gasteiger partial charge is 0.449 e. The summed E-state index contributed by atoms with van der Waals surface area (Å²) in [6, 6.07) is 6.41. The zero-order valence-corrected chi connectivity index (χ0v) is 14.3. The largest absolute Gasteiger partial charge is 0.573 e. The van der Waals surface area contributed by atoms with E-state index < -0.39 is 30.1 Å². The number of benzene rings is 1. The predicted molar refractivity (Wildman–Crippen MR) is 90.7 cm³/mol. The Hall–Kier alpha value is -2.81. The van der Waals surface area contributed by atoms with Gasteiger partial charge in [0.2, 0.25) is 0 Å². The average Bonchev–Trinajstić information content (AvgIpc) is 3.07. The van der Waals surface area contributed by atoms with Gasteiger partial charge >= 0.3 is 12.3 Å². The second kappa shape index (κ2) is 8.52. The molecule has 1 N–H and O–H groups in total. The van der Waals surface area contributed by atoms with E-state index in [0.29, 0.717) is 0 Å². The summed E-state index contributed by atoms with van der Waals surface area (Å²) in [7, 11) is 0. The Kier molecular flexibility index (Phi) is 6.40. The monoisotopic (exact) mass is 385 g/mol. The molecule has 26 heavy (non-hydrogen) atoms. The molecule has 0 saturated heterocycles. The molecule has 2 aromatic rings. The van der Waals surface area contributed by atoms with Crippen LogP contribution in [-0.4, -0.2) is 24.3 Å². The number of anilines is 1. The van der Waals surface area contributed by atoms with Crippen molar-refractivity contribution in [1.29, 1.82) is 0 Å². The Morgan fingerprint density at radius 3 is 2.46 bits per heavy atom. The number of hydrogen-bond acceptors (Lipinski definition) is 5. The first kappa shape index (κ1) is 19.5. The van der Waals surface area contributed by atoms with Crippen LogP contribution in [0, 0.1) is 0 Å². The van der Waals surface area contributed by atoms with Crippen LogP contribution in [0.3, 0.4) is 0 Å². The van der Waals surface area contributed by atoms with Gasteiger partial charge in [-0.05, 0) is 59.7 Å². The zero-order chi connectivity index (χ0) is 19.2. The standard InChI is InChI=1S/C17H14F3NO4S/c1-11(24-15(22)7-2-12-8-9-26-10-12)16(23)21-13-3-5-14(6-4-13)25-17(18,19)20/h2-11H,1H3,(H,21,23)/b7-2+/t11-/m0/s1. The van der Waals surface area contributed by atoms with Crippen molar-refractivity contribution in [2.24, 2.45) is 0 Å². The van der Waals surface area contributed by atoms with Crippen molar-refractivity contribution < 1.29 is 32.2 Å². The molecule has 0 aliphatic carbocycles. The van der Waals surface area contributed by atoms with E-state index in [1.54, 1.807) is 6.08 Å². The minimum absolute atomic E-state index is 0.237. The van der Waals surface area contributed by atoms with Gasteiger partial charge in [0, 0.05) is 11.8 Å². The molecule has 0 aliphatic rings. The van der Waals surface area contributed by atoms with E-state index in [9.17, 15) is 22.8 Å². The first-order valence-electron chi connectivity index (χ1n) is 7.30. The molecule has 5 nitrogen and oxygen atoms in total. The minimum Gasteiger partial charge on any atom is -0.449 e. The third kappa shape index (κ3) is 6.60. The Bertz CT molecular complexity index is 770. The van der Waals surface area contributed by atoms with Crippen molar-refractivity contribution in [3.8, 4) is 5.75 Å². The fourth-order valence-electron chi connectivity index (χ4n) is 1.78. The van der Waals surface area contributed by atoms with E-state index >= 15 is 0 Å². The van der Waals surface area contributed by atoms with Crippen LogP contribution in [0.4, 0.5) is 18.9 Å². The zero-order valence-electron chi connectivity index (χ0n) is 13.4. The topological polar surface area (TPSA) is 64.6 Å². The second-order valence-corrected chi connectivity index (χ2v) is 5.81. The van der Waals surface area contributed by atoms with Gasteiger partial charge in [-0.1, -0.05) is 0 Å². The van der Waals surface area contributed by atoms with Crippen molar-refractivity contribution in [2.45, 2.75) is 19.4 Å². The van der Waals surface area contributed by atoms with E-state index in [-0.39, 0.29) is 5.69 Å². The number of carbonyl (C=O) groups is 2. The van der Waals surface area contributed by atoms with Gasteiger partial charge in [0.25, 0.3) is 5.91 Å². The van der Waals surface area contributed by atoms with E-state index in [1.807, 2.05) is 16.8 Å². The lowest BCUT2D eigenvalue weighted by Crippen LogP contribution is -2.29. The molecule has 0 bridgehead atoms. The highest BCUT2D eigenvalue weighted by Crippen LogP contribution is 2.24. The Morgan fingerprint density at radius 2 is 1.88 bits per heavy atom. The predicted octanol–water partition coefficient (Wildman–Crippen LogP) is 4.23. The number of nitrogens with one attached hydrogen (secondary N) is 1. The maximum absolute atomic E-state index is 12.1. The van der Waals surface area contributed by atoms with Gasteiger partial charge in [0.15, 0.2) is 6.10 Å². The highest BCUT2D eigenvalue weighted by atomic mass is 32.1. The summed E-state index contributed by atoms with van der Waals surface area (Å²) in [6.45, 7) is 1.38. The molecule has 1 atom stereocenters. The molecule has 138 valence electrons. The molecule has 0 fully saturated rings. The van der Waals surface area contributed by atoms with Gasteiger partial charge < -0.3 is 14.8 Å². The summed E-state index contributed by atoms with van der Waals surface area (Å²) in [4.78, 5) is 23.6. The van der Waals surface area contributed by atoms with Crippen LogP contribution in [0.25, 0.3) is 6.08 Å². The summed E-state index contributed by atoms with van der Waals surface area (Å²) < 4.78 is 45.0. The van der Waals surface area contributed by atoms with Crippen LogP contribution in [0.15, 0.2) is 47.2 Å². The number of alkyl halides is 3. The Balaban J connectivity index is 1.85. The fraction of sp³-hybridized carbons (Fsp3) is 0.176. The molecular weight excluding hydrogens is 371 g/mol. The van der Waals surface area contributed by atoms with Crippen molar-refractivity contribution in [3.63, 3.8) is 0 Å². The Labute approximate surface area is 151 Å². The molecule has 1 aromatic heterocycles. The molecule has 0 saturated carbocycles. The number of hydrogen-bond donors (Lipinski definition) is 1. The third-order valence-electron chi connectivity index (χ3n) is 2.97. The van der Waals surface area contributed by atoms with Crippen molar-refractivity contribution in [3.05, 3.63) is 52.7 Å². The van der Waals surface area contributed by atoms with Crippen LogP contribution in [-0.2, 0) is 14.3 Å². The molecule has 0 spiro atoms. The molecule has 1 amide bonds. The van der Waals surface area contributed by atoms with Gasteiger partial charge in [-0.25, -0.2) is 4.79 Å². The number of carbonyl (C=O) groups excluding carboxylic acids is 2. The lowest BCUT2D eigenvalue weighted by atomic mass is 10.3. The van der Waals surface area contributed by atoms with Crippen LogP contribution < -0.4 is 10.1 Å². The average molecular weight is 385 g/mol. The normalized spacial score (nSPS) is 12.6. The van der Waals surface area contributed by atoms with Gasteiger partial charge in [0.1, 0.15) is 5.75 Å². The van der Waals surface area contributed by atoms with Gasteiger partial charge in [-0.15, -0.1) is 13.2 Å². The number of esters is 1. The second-order valence-electron chi connectivity index (χ2n) is 5.03. The highest BCUT2D eigenvalue weighted by molar-refractivity contribution is 7.08. The number of halogens is 3. The fourth-order valence-corrected chi connectivity index (χ4v) is 2.41. The molecular formula is C17H14F3NO4S. The van der Waals surface area contributed by atoms with Gasteiger partial charge in [-0.2, -0.15) is 11.3 Å². The molecule has 9 heteroatoms. The Morgan fingerprint density at radius 1 is 1.19 bits per heavy atom. The van der Waals surface area contributed by atoms with Crippen LogP contribution >= 0.6 is 11.3 Å². The van der Waals surface area contributed by atoms with Crippen LogP contribution in [0.1, 0.15) is 12.5 Å².